The molecule has 0 aliphatic heterocycles. The molecular formula is C21H28N2O4. The van der Waals surface area contributed by atoms with E-state index in [0.29, 0.717) is 31.0 Å². The van der Waals surface area contributed by atoms with Gasteiger partial charge in [-0.1, -0.05) is 12.8 Å². The van der Waals surface area contributed by atoms with E-state index in [9.17, 15) is 9.90 Å². The second-order valence-corrected chi connectivity index (χ2v) is 7.30. The molecule has 0 bridgehead atoms. The average molecular weight is 372 g/mol. The van der Waals surface area contributed by atoms with Crippen LogP contribution in [0.15, 0.2) is 34.9 Å². The Hall–Kier alpha value is -2.34. The van der Waals surface area contributed by atoms with Gasteiger partial charge in [0, 0.05) is 31.6 Å². The Morgan fingerprint density at radius 3 is 2.70 bits per heavy atom. The van der Waals surface area contributed by atoms with Crippen molar-refractivity contribution in [2.75, 3.05) is 20.3 Å². The number of benzene rings is 1. The van der Waals surface area contributed by atoms with Gasteiger partial charge in [0.1, 0.15) is 5.75 Å². The van der Waals surface area contributed by atoms with E-state index in [1.54, 1.807) is 13.3 Å². The molecule has 0 spiro atoms. The maximum absolute atomic E-state index is 12.2. The molecular weight excluding hydrogens is 344 g/mol. The van der Waals surface area contributed by atoms with Gasteiger partial charge in [0.25, 0.3) is 0 Å². The Balaban J connectivity index is 1.48. The van der Waals surface area contributed by atoms with Crippen LogP contribution >= 0.6 is 0 Å². The number of rotatable bonds is 9. The number of hydrogen-bond acceptors (Lipinski definition) is 5. The molecule has 1 heterocycles. The van der Waals surface area contributed by atoms with Crippen LogP contribution in [0.3, 0.4) is 0 Å². The summed E-state index contributed by atoms with van der Waals surface area (Å²) >= 11 is 0. The second-order valence-electron chi connectivity index (χ2n) is 7.30. The summed E-state index contributed by atoms with van der Waals surface area (Å²) in [7, 11) is 1.63. The van der Waals surface area contributed by atoms with E-state index in [1.165, 1.54) is 12.8 Å². The average Bonchev–Trinajstić information content (AvgIpc) is 3.35. The molecule has 1 aromatic carbocycles. The molecule has 6 nitrogen and oxygen atoms in total. The van der Waals surface area contributed by atoms with Gasteiger partial charge in [0.05, 0.1) is 13.3 Å². The van der Waals surface area contributed by atoms with Crippen LogP contribution in [0.2, 0.25) is 0 Å². The Kier molecular flexibility index (Phi) is 6.50. The topological polar surface area (TPSA) is 84.6 Å². The molecule has 27 heavy (non-hydrogen) atoms. The number of nitrogens with one attached hydrogen (secondary N) is 1. The van der Waals surface area contributed by atoms with Gasteiger partial charge in [-0.3, -0.25) is 4.79 Å². The summed E-state index contributed by atoms with van der Waals surface area (Å²) in [4.78, 5) is 16.5. The van der Waals surface area contributed by atoms with Crippen LogP contribution in [-0.2, 0) is 11.2 Å². The zero-order valence-electron chi connectivity index (χ0n) is 15.9. The van der Waals surface area contributed by atoms with Gasteiger partial charge in [-0.05, 0) is 48.9 Å². The van der Waals surface area contributed by atoms with Crippen molar-refractivity contribution in [3.05, 3.63) is 36.4 Å². The van der Waals surface area contributed by atoms with E-state index in [0.717, 1.165) is 30.6 Å². The van der Waals surface area contributed by atoms with E-state index in [1.807, 2.05) is 24.3 Å². The summed E-state index contributed by atoms with van der Waals surface area (Å²) in [5.41, 5.74) is 1.00. The number of aryl methyl sites for hydroxylation is 1. The summed E-state index contributed by atoms with van der Waals surface area (Å²) in [5, 5.41) is 12.3. The van der Waals surface area contributed by atoms with Crippen molar-refractivity contribution in [2.24, 2.45) is 5.41 Å². The zero-order valence-corrected chi connectivity index (χ0v) is 15.9. The first-order valence-corrected chi connectivity index (χ1v) is 9.61. The number of methoxy groups -OCH3 is 1. The molecule has 1 aromatic heterocycles. The number of carbonyl (C=O) groups is 1. The predicted octanol–water partition coefficient (Wildman–Crippen LogP) is 3.34. The van der Waals surface area contributed by atoms with E-state index in [-0.39, 0.29) is 17.9 Å². The predicted molar refractivity (Wildman–Crippen MR) is 102 cm³/mol. The monoisotopic (exact) mass is 372 g/mol. The maximum atomic E-state index is 12.2. The Morgan fingerprint density at radius 1 is 1.30 bits per heavy atom. The van der Waals surface area contributed by atoms with Gasteiger partial charge in [-0.25, -0.2) is 4.98 Å². The van der Waals surface area contributed by atoms with Crippen molar-refractivity contribution in [1.29, 1.82) is 0 Å². The quantitative estimate of drug-likeness (QED) is 0.705. The maximum Gasteiger partial charge on any atom is 0.220 e. The van der Waals surface area contributed by atoms with Crippen molar-refractivity contribution >= 4 is 5.91 Å². The lowest BCUT2D eigenvalue weighted by Gasteiger charge is -2.28. The van der Waals surface area contributed by atoms with Gasteiger partial charge in [0.2, 0.25) is 5.91 Å². The number of hydrogen-bond donors (Lipinski definition) is 2. The number of amides is 1. The normalized spacial score (nSPS) is 15.6. The highest BCUT2D eigenvalue weighted by Crippen LogP contribution is 2.40. The first-order valence-electron chi connectivity index (χ1n) is 9.61. The van der Waals surface area contributed by atoms with Crippen LogP contribution in [-0.4, -0.2) is 36.3 Å². The van der Waals surface area contributed by atoms with Gasteiger partial charge in [-0.15, -0.1) is 0 Å². The largest absolute Gasteiger partial charge is 0.497 e. The van der Waals surface area contributed by atoms with Gasteiger partial charge >= 0.3 is 0 Å². The molecule has 0 saturated heterocycles. The Labute approximate surface area is 159 Å². The Morgan fingerprint density at radius 2 is 2.04 bits per heavy atom. The number of nitrogens with zero attached hydrogens (tertiary/aromatic N) is 1. The fourth-order valence-electron chi connectivity index (χ4n) is 3.79. The van der Waals surface area contributed by atoms with Crippen LogP contribution in [0.5, 0.6) is 5.75 Å². The van der Waals surface area contributed by atoms with Crippen LogP contribution in [0.1, 0.15) is 44.4 Å². The summed E-state index contributed by atoms with van der Waals surface area (Å²) in [6.45, 7) is 0.829. The van der Waals surface area contributed by atoms with Crippen LogP contribution in [0, 0.1) is 5.41 Å². The van der Waals surface area contributed by atoms with Gasteiger partial charge in [0.15, 0.2) is 11.7 Å². The highest BCUT2D eigenvalue weighted by molar-refractivity contribution is 5.76. The fourth-order valence-corrected chi connectivity index (χ4v) is 3.79. The lowest BCUT2D eigenvalue weighted by molar-refractivity contribution is -0.121. The van der Waals surface area contributed by atoms with Crippen LogP contribution in [0.25, 0.3) is 11.3 Å². The molecule has 0 unspecified atom stereocenters. The highest BCUT2D eigenvalue weighted by atomic mass is 16.5. The van der Waals surface area contributed by atoms with Gasteiger partial charge in [-0.2, -0.15) is 0 Å². The van der Waals surface area contributed by atoms with Crippen molar-refractivity contribution in [2.45, 2.75) is 44.9 Å². The Bertz CT molecular complexity index is 733. The molecule has 2 aromatic rings. The highest BCUT2D eigenvalue weighted by Gasteiger charge is 2.33. The molecule has 1 aliphatic rings. The molecule has 1 fully saturated rings. The zero-order chi connectivity index (χ0) is 19.1. The molecule has 0 radical (unpaired) electrons. The van der Waals surface area contributed by atoms with Crippen LogP contribution in [0.4, 0.5) is 0 Å². The lowest BCUT2D eigenvalue weighted by Crippen LogP contribution is -2.36. The number of aliphatic hydroxyl groups is 1. The third kappa shape index (κ3) is 5.10. The first kappa shape index (κ1) is 19.4. The third-order valence-electron chi connectivity index (χ3n) is 5.46. The number of ether oxygens (including phenoxy) is 1. The molecule has 1 aliphatic carbocycles. The molecule has 3 rings (SSSR count). The smallest absolute Gasteiger partial charge is 0.220 e. The van der Waals surface area contributed by atoms with E-state index in [4.69, 9.17) is 9.15 Å². The summed E-state index contributed by atoms with van der Waals surface area (Å²) in [5.74, 6) is 2.03. The molecule has 1 amide bonds. The van der Waals surface area contributed by atoms with Crippen LogP contribution < -0.4 is 10.1 Å². The molecule has 6 heteroatoms. The van der Waals surface area contributed by atoms with Crippen molar-refractivity contribution in [1.82, 2.24) is 10.3 Å². The number of aromatic nitrogens is 1. The number of aliphatic hydroxyl groups excluding tert-OH is 1. The van der Waals surface area contributed by atoms with E-state index in [2.05, 4.69) is 10.3 Å². The lowest BCUT2D eigenvalue weighted by atomic mass is 9.83. The van der Waals surface area contributed by atoms with E-state index >= 15 is 0 Å². The standard InChI is InChI=1S/C21H28N2O4/c1-26-17-6-4-16(5-7-17)18-14-22-20(27-18)9-8-19(25)23-15-21(12-13-24)10-2-3-11-21/h4-7,14,24H,2-3,8-13,15H2,1H3,(H,23,25). The third-order valence-corrected chi connectivity index (χ3v) is 5.46. The first-order chi connectivity index (χ1) is 13.1. The minimum atomic E-state index is 0.00316. The minimum Gasteiger partial charge on any atom is -0.497 e. The summed E-state index contributed by atoms with van der Waals surface area (Å²) in [6.07, 6.45) is 7.78. The van der Waals surface area contributed by atoms with Gasteiger partial charge < -0.3 is 19.6 Å². The second kappa shape index (κ2) is 9.04. The molecule has 0 atom stereocenters. The van der Waals surface area contributed by atoms with Crippen molar-refractivity contribution in [3.8, 4) is 17.1 Å². The van der Waals surface area contributed by atoms with Crippen molar-refractivity contribution in [3.63, 3.8) is 0 Å². The minimum absolute atomic E-state index is 0.00316. The molecule has 2 N–H and O–H groups in total. The molecule has 146 valence electrons. The number of carbonyl (C=O) groups excluding carboxylic acids is 1. The summed E-state index contributed by atoms with van der Waals surface area (Å²) < 4.78 is 10.9. The van der Waals surface area contributed by atoms with E-state index < -0.39 is 0 Å². The fraction of sp³-hybridized carbons (Fsp3) is 0.524. The molecule has 1 saturated carbocycles. The SMILES string of the molecule is COc1ccc(-c2cnc(CCC(=O)NCC3(CCO)CCCC3)o2)cc1. The number of oxazole rings is 1. The van der Waals surface area contributed by atoms with Crippen molar-refractivity contribution < 1.29 is 19.1 Å². The summed E-state index contributed by atoms with van der Waals surface area (Å²) in [6, 6.07) is 7.57.